The number of nitrogens with one attached hydrogen (secondary N) is 1. The molecule has 0 spiro atoms. The molecule has 110 valence electrons. The van der Waals surface area contributed by atoms with E-state index in [0.29, 0.717) is 11.9 Å². The molecule has 0 aromatic carbocycles. The Morgan fingerprint density at radius 1 is 1.38 bits per heavy atom. The molecule has 2 aliphatic rings. The fourth-order valence-corrected chi connectivity index (χ4v) is 2.72. The van der Waals surface area contributed by atoms with Gasteiger partial charge < -0.3 is 10.2 Å². The van der Waals surface area contributed by atoms with Crippen molar-refractivity contribution in [1.82, 2.24) is 15.2 Å². The Morgan fingerprint density at radius 2 is 2.10 bits per heavy atom. The van der Waals surface area contributed by atoms with Crippen LogP contribution in [0.4, 0.5) is 11.5 Å². The number of nitro groups is 1. The summed E-state index contributed by atoms with van der Waals surface area (Å²) in [7, 11) is 0. The third kappa shape index (κ3) is 2.66. The quantitative estimate of drug-likeness (QED) is 0.615. The van der Waals surface area contributed by atoms with E-state index in [1.807, 2.05) is 11.0 Å². The SMILES string of the molecule is N#Cc1cnc(N2CCN(C3CNC3)CC2)c([N+](=O)[O-])c1. The fraction of sp³-hybridized carbons (Fsp3) is 0.538. The average Bonchev–Trinajstić information content (AvgIpc) is 2.45. The number of hydrogen-bond donors (Lipinski definition) is 1. The van der Waals surface area contributed by atoms with Crippen molar-refractivity contribution in [3.05, 3.63) is 27.9 Å². The molecule has 1 aromatic heterocycles. The normalized spacial score (nSPS) is 19.9. The molecule has 0 amide bonds. The molecule has 1 aromatic rings. The van der Waals surface area contributed by atoms with Crippen molar-refractivity contribution in [1.29, 1.82) is 5.26 Å². The Morgan fingerprint density at radius 3 is 2.62 bits per heavy atom. The number of aromatic nitrogens is 1. The van der Waals surface area contributed by atoms with E-state index in [2.05, 4.69) is 15.2 Å². The molecular weight excluding hydrogens is 272 g/mol. The summed E-state index contributed by atoms with van der Waals surface area (Å²) >= 11 is 0. The molecule has 21 heavy (non-hydrogen) atoms. The molecule has 3 rings (SSSR count). The van der Waals surface area contributed by atoms with Gasteiger partial charge in [-0.25, -0.2) is 4.98 Å². The largest absolute Gasteiger partial charge is 0.348 e. The summed E-state index contributed by atoms with van der Waals surface area (Å²) in [6.45, 7) is 5.24. The highest BCUT2D eigenvalue weighted by Crippen LogP contribution is 2.27. The van der Waals surface area contributed by atoms with Gasteiger partial charge in [0.2, 0.25) is 5.82 Å². The summed E-state index contributed by atoms with van der Waals surface area (Å²) in [4.78, 5) is 19.2. The second kappa shape index (κ2) is 5.63. The summed E-state index contributed by atoms with van der Waals surface area (Å²) in [5, 5.41) is 23.3. The van der Waals surface area contributed by atoms with Crippen molar-refractivity contribution >= 4 is 11.5 Å². The Kier molecular flexibility index (Phi) is 3.68. The highest BCUT2D eigenvalue weighted by atomic mass is 16.6. The first-order chi connectivity index (χ1) is 10.2. The Hall–Kier alpha value is -2.24. The predicted octanol–water partition coefficient (Wildman–Crippen LogP) is -0.0447. The zero-order valence-electron chi connectivity index (χ0n) is 11.5. The molecule has 0 aliphatic carbocycles. The fourth-order valence-electron chi connectivity index (χ4n) is 2.72. The summed E-state index contributed by atoms with van der Waals surface area (Å²) < 4.78 is 0. The summed E-state index contributed by atoms with van der Waals surface area (Å²) in [5.41, 5.74) is 0.123. The van der Waals surface area contributed by atoms with Crippen LogP contribution in [0.3, 0.4) is 0 Å². The number of hydrogen-bond acceptors (Lipinski definition) is 7. The van der Waals surface area contributed by atoms with Gasteiger partial charge in [0, 0.05) is 57.6 Å². The molecule has 8 heteroatoms. The first kappa shape index (κ1) is 13.7. The number of nitriles is 1. The van der Waals surface area contributed by atoms with Crippen LogP contribution >= 0.6 is 0 Å². The third-order valence-corrected chi connectivity index (χ3v) is 4.06. The minimum Gasteiger partial charge on any atom is -0.348 e. The van der Waals surface area contributed by atoms with Gasteiger partial charge in [0.1, 0.15) is 6.07 Å². The van der Waals surface area contributed by atoms with Gasteiger partial charge in [-0.15, -0.1) is 0 Å². The Labute approximate surface area is 122 Å². The van der Waals surface area contributed by atoms with E-state index < -0.39 is 4.92 Å². The third-order valence-electron chi connectivity index (χ3n) is 4.06. The van der Waals surface area contributed by atoms with Gasteiger partial charge in [0.05, 0.1) is 10.5 Å². The van der Waals surface area contributed by atoms with Crippen molar-refractivity contribution in [3.63, 3.8) is 0 Å². The molecule has 3 heterocycles. The van der Waals surface area contributed by atoms with Gasteiger partial charge in [-0.05, 0) is 0 Å². The van der Waals surface area contributed by atoms with Crippen molar-refractivity contribution < 1.29 is 4.92 Å². The van der Waals surface area contributed by atoms with Crippen LogP contribution in [0, 0.1) is 21.4 Å². The van der Waals surface area contributed by atoms with Gasteiger partial charge in [-0.2, -0.15) is 5.26 Å². The lowest BCUT2D eigenvalue weighted by molar-refractivity contribution is -0.384. The van der Waals surface area contributed by atoms with Gasteiger partial charge in [-0.3, -0.25) is 15.0 Å². The van der Waals surface area contributed by atoms with Crippen LogP contribution < -0.4 is 10.2 Å². The number of rotatable bonds is 3. The van der Waals surface area contributed by atoms with Crippen molar-refractivity contribution in [2.45, 2.75) is 6.04 Å². The predicted molar refractivity (Wildman–Crippen MR) is 76.1 cm³/mol. The standard InChI is InChI=1S/C13H16N6O2/c14-6-10-5-12(19(20)21)13(16-7-10)18-3-1-17(2-4-18)11-8-15-9-11/h5,7,11,15H,1-4,8-9H2. The number of anilines is 1. The highest BCUT2D eigenvalue weighted by molar-refractivity contribution is 5.60. The lowest BCUT2D eigenvalue weighted by Gasteiger charge is -2.43. The van der Waals surface area contributed by atoms with Crippen molar-refractivity contribution in [3.8, 4) is 6.07 Å². The first-order valence-electron chi connectivity index (χ1n) is 6.93. The lowest BCUT2D eigenvalue weighted by atomic mass is 10.1. The van der Waals surface area contributed by atoms with Crippen LogP contribution in [-0.2, 0) is 0 Å². The zero-order chi connectivity index (χ0) is 14.8. The maximum Gasteiger partial charge on any atom is 0.312 e. The maximum absolute atomic E-state index is 11.2. The number of nitrogens with zero attached hydrogens (tertiary/aromatic N) is 5. The van der Waals surface area contributed by atoms with Crippen LogP contribution in [0.5, 0.6) is 0 Å². The maximum atomic E-state index is 11.2. The summed E-state index contributed by atoms with van der Waals surface area (Å²) in [6, 6.07) is 3.78. The molecule has 0 saturated carbocycles. The molecule has 2 saturated heterocycles. The van der Waals surface area contributed by atoms with Crippen molar-refractivity contribution in [2.75, 3.05) is 44.2 Å². The number of pyridine rings is 1. The van der Waals surface area contributed by atoms with Gasteiger partial charge >= 0.3 is 5.69 Å². The van der Waals surface area contributed by atoms with E-state index in [1.165, 1.54) is 12.3 Å². The second-order valence-corrected chi connectivity index (χ2v) is 5.27. The molecular formula is C13H16N6O2. The number of piperazine rings is 1. The highest BCUT2D eigenvalue weighted by Gasteiger charge is 2.30. The molecule has 0 unspecified atom stereocenters. The van der Waals surface area contributed by atoms with Crippen LogP contribution in [0.25, 0.3) is 0 Å². The van der Waals surface area contributed by atoms with Crippen LogP contribution in [0.2, 0.25) is 0 Å². The van der Waals surface area contributed by atoms with E-state index in [4.69, 9.17) is 5.26 Å². The molecule has 2 fully saturated rings. The Balaban J connectivity index is 1.75. The molecule has 2 aliphatic heterocycles. The molecule has 0 bridgehead atoms. The van der Waals surface area contributed by atoms with Crippen LogP contribution in [0.1, 0.15) is 5.56 Å². The average molecular weight is 288 g/mol. The van der Waals surface area contributed by atoms with Gasteiger partial charge in [-0.1, -0.05) is 0 Å². The summed E-state index contributed by atoms with van der Waals surface area (Å²) in [5.74, 6) is 0.366. The molecule has 0 atom stereocenters. The summed E-state index contributed by atoms with van der Waals surface area (Å²) in [6.07, 6.45) is 1.39. The molecule has 0 radical (unpaired) electrons. The second-order valence-electron chi connectivity index (χ2n) is 5.27. The van der Waals surface area contributed by atoms with E-state index >= 15 is 0 Å². The van der Waals surface area contributed by atoms with Gasteiger partial charge in [0.15, 0.2) is 0 Å². The molecule has 1 N–H and O–H groups in total. The van der Waals surface area contributed by atoms with E-state index in [9.17, 15) is 10.1 Å². The lowest BCUT2D eigenvalue weighted by Crippen LogP contribution is -2.61. The minimum absolute atomic E-state index is 0.0900. The van der Waals surface area contributed by atoms with Gasteiger partial charge in [0.25, 0.3) is 0 Å². The first-order valence-corrected chi connectivity index (χ1v) is 6.93. The zero-order valence-corrected chi connectivity index (χ0v) is 11.5. The minimum atomic E-state index is -0.467. The topological polar surface area (TPSA) is 98.3 Å². The smallest absolute Gasteiger partial charge is 0.312 e. The van der Waals surface area contributed by atoms with E-state index in [0.717, 1.165) is 39.3 Å². The van der Waals surface area contributed by atoms with Crippen LogP contribution in [-0.4, -0.2) is 60.1 Å². The van der Waals surface area contributed by atoms with E-state index in [-0.39, 0.29) is 11.3 Å². The van der Waals surface area contributed by atoms with Crippen LogP contribution in [0.15, 0.2) is 12.3 Å². The monoisotopic (exact) mass is 288 g/mol. The Bertz CT molecular complexity index is 587. The molecule has 8 nitrogen and oxygen atoms in total. The van der Waals surface area contributed by atoms with E-state index in [1.54, 1.807) is 0 Å². The van der Waals surface area contributed by atoms with Crippen molar-refractivity contribution in [2.24, 2.45) is 0 Å².